The lowest BCUT2D eigenvalue weighted by atomic mass is 10.1. The monoisotopic (exact) mass is 254 g/mol. The van der Waals surface area contributed by atoms with Crippen LogP contribution in [0.5, 0.6) is 11.5 Å². The van der Waals surface area contributed by atoms with E-state index in [2.05, 4.69) is 0 Å². The molecule has 0 saturated carbocycles. The summed E-state index contributed by atoms with van der Waals surface area (Å²) in [7, 11) is 1.48. The smallest absolute Gasteiger partial charge is 0.185 e. The summed E-state index contributed by atoms with van der Waals surface area (Å²) >= 11 is 0. The van der Waals surface area contributed by atoms with Crippen molar-refractivity contribution in [3.63, 3.8) is 0 Å². The molecule has 0 amide bonds. The fourth-order valence-corrected chi connectivity index (χ4v) is 1.70. The number of rotatable bonds is 4. The summed E-state index contributed by atoms with van der Waals surface area (Å²) in [5.74, 6) is 0.305. The van der Waals surface area contributed by atoms with Gasteiger partial charge in [-0.1, -0.05) is 42.5 Å². The summed E-state index contributed by atoms with van der Waals surface area (Å²) in [6, 6.07) is 14.1. The largest absolute Gasteiger partial charge is 0.504 e. The maximum absolute atomic E-state index is 11.9. The molecule has 19 heavy (non-hydrogen) atoms. The van der Waals surface area contributed by atoms with Crippen LogP contribution in [0.25, 0.3) is 6.08 Å². The van der Waals surface area contributed by atoms with Gasteiger partial charge in [-0.25, -0.2) is 0 Å². The van der Waals surface area contributed by atoms with E-state index in [-0.39, 0.29) is 11.5 Å². The molecule has 0 aromatic heterocycles. The van der Waals surface area contributed by atoms with Gasteiger partial charge in [0.05, 0.1) is 7.11 Å². The second kappa shape index (κ2) is 5.87. The highest BCUT2D eigenvalue weighted by atomic mass is 16.5. The van der Waals surface area contributed by atoms with Gasteiger partial charge < -0.3 is 9.84 Å². The van der Waals surface area contributed by atoms with E-state index >= 15 is 0 Å². The van der Waals surface area contributed by atoms with Crippen LogP contribution < -0.4 is 4.74 Å². The Kier molecular flexibility index (Phi) is 3.98. The Morgan fingerprint density at radius 3 is 2.53 bits per heavy atom. The van der Waals surface area contributed by atoms with Crippen LogP contribution in [-0.4, -0.2) is 18.0 Å². The Morgan fingerprint density at radius 1 is 1.11 bits per heavy atom. The summed E-state index contributed by atoms with van der Waals surface area (Å²) < 4.78 is 5.01. The number of phenols is 1. The Hall–Kier alpha value is -2.55. The summed E-state index contributed by atoms with van der Waals surface area (Å²) in [6.07, 6.45) is 3.01. The molecule has 96 valence electrons. The minimum atomic E-state index is -0.109. The van der Waals surface area contributed by atoms with Crippen LogP contribution in [0.3, 0.4) is 0 Å². The molecule has 1 N–H and O–H groups in total. The average Bonchev–Trinajstić information content (AvgIpc) is 2.47. The van der Waals surface area contributed by atoms with Gasteiger partial charge >= 0.3 is 0 Å². The average molecular weight is 254 g/mol. The van der Waals surface area contributed by atoms with Crippen molar-refractivity contribution >= 4 is 11.9 Å². The zero-order valence-electron chi connectivity index (χ0n) is 10.5. The van der Waals surface area contributed by atoms with E-state index in [1.165, 1.54) is 13.2 Å². The van der Waals surface area contributed by atoms with E-state index < -0.39 is 0 Å². The van der Waals surface area contributed by atoms with Gasteiger partial charge in [0, 0.05) is 11.1 Å². The van der Waals surface area contributed by atoms with Crippen LogP contribution in [0.15, 0.2) is 54.6 Å². The third-order valence-electron chi connectivity index (χ3n) is 2.72. The van der Waals surface area contributed by atoms with Crippen molar-refractivity contribution in [3.8, 4) is 11.5 Å². The second-order valence-electron chi connectivity index (χ2n) is 3.96. The number of hydrogen-bond donors (Lipinski definition) is 1. The molecular weight excluding hydrogens is 240 g/mol. The normalized spacial score (nSPS) is 10.6. The number of benzene rings is 2. The predicted octanol–water partition coefficient (Wildman–Crippen LogP) is 3.30. The van der Waals surface area contributed by atoms with E-state index in [0.29, 0.717) is 16.9 Å². The van der Waals surface area contributed by atoms with E-state index in [9.17, 15) is 9.90 Å². The predicted molar refractivity (Wildman–Crippen MR) is 74.5 cm³/mol. The topological polar surface area (TPSA) is 46.5 Å². The van der Waals surface area contributed by atoms with Crippen LogP contribution in [0, 0.1) is 0 Å². The highest BCUT2D eigenvalue weighted by molar-refractivity contribution is 6.06. The SMILES string of the molecule is COc1cccc(/C=C\C(=O)c2ccccc2)c1O. The Bertz CT molecular complexity index is 601. The van der Waals surface area contributed by atoms with Crippen LogP contribution in [0.1, 0.15) is 15.9 Å². The van der Waals surface area contributed by atoms with E-state index in [1.54, 1.807) is 36.4 Å². The van der Waals surface area contributed by atoms with E-state index in [4.69, 9.17) is 4.74 Å². The first kappa shape index (κ1) is 12.9. The summed E-state index contributed by atoms with van der Waals surface area (Å²) in [6.45, 7) is 0. The maximum Gasteiger partial charge on any atom is 0.185 e. The molecule has 3 nitrogen and oxygen atoms in total. The Balaban J connectivity index is 2.22. The van der Waals surface area contributed by atoms with Crippen molar-refractivity contribution in [2.24, 2.45) is 0 Å². The van der Waals surface area contributed by atoms with Gasteiger partial charge in [-0.05, 0) is 18.2 Å². The third kappa shape index (κ3) is 3.01. The fourth-order valence-electron chi connectivity index (χ4n) is 1.70. The summed E-state index contributed by atoms with van der Waals surface area (Å²) in [4.78, 5) is 11.9. The molecule has 0 aliphatic rings. The van der Waals surface area contributed by atoms with Gasteiger partial charge in [0.2, 0.25) is 0 Å². The number of allylic oxidation sites excluding steroid dienone is 1. The van der Waals surface area contributed by atoms with E-state index in [1.807, 2.05) is 18.2 Å². The molecule has 2 rings (SSSR count). The molecule has 0 bridgehead atoms. The Labute approximate surface area is 111 Å². The standard InChI is InChI=1S/C16H14O3/c1-19-15-9-5-8-13(16(15)18)10-11-14(17)12-6-3-2-4-7-12/h2-11,18H,1H3/b11-10-. The summed E-state index contributed by atoms with van der Waals surface area (Å²) in [5.41, 5.74) is 1.16. The van der Waals surface area contributed by atoms with Gasteiger partial charge in [-0.3, -0.25) is 4.79 Å². The van der Waals surface area contributed by atoms with Gasteiger partial charge in [0.15, 0.2) is 17.3 Å². The van der Waals surface area contributed by atoms with Crippen molar-refractivity contribution in [3.05, 3.63) is 65.7 Å². The molecule has 0 aliphatic heterocycles. The lowest BCUT2D eigenvalue weighted by Gasteiger charge is -2.05. The number of ketones is 1. The number of methoxy groups -OCH3 is 1. The lowest BCUT2D eigenvalue weighted by molar-refractivity contribution is 0.104. The highest BCUT2D eigenvalue weighted by Gasteiger charge is 2.05. The molecule has 0 unspecified atom stereocenters. The van der Waals surface area contributed by atoms with Crippen molar-refractivity contribution in [1.82, 2.24) is 0 Å². The molecule has 0 heterocycles. The highest BCUT2D eigenvalue weighted by Crippen LogP contribution is 2.30. The Morgan fingerprint density at radius 2 is 1.84 bits per heavy atom. The molecule has 0 radical (unpaired) electrons. The zero-order chi connectivity index (χ0) is 13.7. The van der Waals surface area contributed by atoms with Crippen molar-refractivity contribution in [2.75, 3.05) is 7.11 Å². The number of carbonyl (C=O) groups is 1. The molecule has 2 aromatic carbocycles. The van der Waals surface area contributed by atoms with Gasteiger partial charge in [0.1, 0.15) is 0 Å². The van der Waals surface area contributed by atoms with E-state index in [0.717, 1.165) is 0 Å². The molecule has 0 fully saturated rings. The number of phenolic OH excluding ortho intramolecular Hbond substituents is 1. The second-order valence-corrected chi connectivity index (χ2v) is 3.96. The van der Waals surface area contributed by atoms with Gasteiger partial charge in [0.25, 0.3) is 0 Å². The number of hydrogen-bond acceptors (Lipinski definition) is 3. The molecule has 2 aromatic rings. The first-order valence-electron chi connectivity index (χ1n) is 5.86. The fraction of sp³-hybridized carbons (Fsp3) is 0.0625. The summed E-state index contributed by atoms with van der Waals surface area (Å²) in [5, 5.41) is 9.88. The molecule has 0 aliphatic carbocycles. The lowest BCUT2D eigenvalue weighted by Crippen LogP contribution is -1.93. The number of carbonyl (C=O) groups excluding carboxylic acids is 1. The number of ether oxygens (including phenoxy) is 1. The van der Waals surface area contributed by atoms with Crippen molar-refractivity contribution in [2.45, 2.75) is 0 Å². The van der Waals surface area contributed by atoms with Gasteiger partial charge in [-0.2, -0.15) is 0 Å². The first-order valence-corrected chi connectivity index (χ1v) is 5.86. The molecule has 0 saturated heterocycles. The molecule has 3 heteroatoms. The quantitative estimate of drug-likeness (QED) is 0.672. The van der Waals surface area contributed by atoms with Crippen LogP contribution in [0.2, 0.25) is 0 Å². The van der Waals surface area contributed by atoms with Crippen molar-refractivity contribution < 1.29 is 14.6 Å². The van der Waals surface area contributed by atoms with Crippen LogP contribution in [-0.2, 0) is 0 Å². The molecular formula is C16H14O3. The number of para-hydroxylation sites is 1. The first-order chi connectivity index (χ1) is 9.22. The minimum absolute atomic E-state index is 0.0297. The molecule has 0 atom stereocenters. The van der Waals surface area contributed by atoms with Crippen molar-refractivity contribution in [1.29, 1.82) is 0 Å². The maximum atomic E-state index is 11.9. The van der Waals surface area contributed by atoms with Crippen LogP contribution in [0.4, 0.5) is 0 Å². The number of aromatic hydroxyl groups is 1. The zero-order valence-corrected chi connectivity index (χ0v) is 10.5. The third-order valence-corrected chi connectivity index (χ3v) is 2.72. The van der Waals surface area contributed by atoms with Crippen LogP contribution >= 0.6 is 0 Å². The van der Waals surface area contributed by atoms with Gasteiger partial charge in [-0.15, -0.1) is 0 Å². The minimum Gasteiger partial charge on any atom is -0.504 e. The molecule has 0 spiro atoms.